The number of nitrogens with two attached hydrogens (primary N) is 1. The molecule has 0 unspecified atom stereocenters. The summed E-state index contributed by atoms with van der Waals surface area (Å²) < 4.78 is 14.0. The maximum absolute atomic E-state index is 14.0. The molecule has 0 aliphatic heterocycles. The summed E-state index contributed by atoms with van der Waals surface area (Å²) in [4.78, 5) is 11.9. The first kappa shape index (κ1) is 16.4. The number of anilines is 1. The Bertz CT molecular complexity index is 726. The molecule has 0 aliphatic carbocycles. The molecule has 2 aromatic carbocycles. The van der Waals surface area contributed by atoms with Crippen molar-refractivity contribution in [2.75, 3.05) is 5.32 Å². The Morgan fingerprint density at radius 3 is 2.57 bits per heavy atom. The number of amides is 1. The third-order valence-corrected chi connectivity index (χ3v) is 3.38. The van der Waals surface area contributed by atoms with Gasteiger partial charge in [0, 0.05) is 35.7 Å². The number of aryl methyl sites for hydroxylation is 1. The van der Waals surface area contributed by atoms with Crippen molar-refractivity contribution in [3.8, 4) is 0 Å². The van der Waals surface area contributed by atoms with Gasteiger partial charge in [0.25, 0.3) is 0 Å². The van der Waals surface area contributed by atoms with Crippen LogP contribution in [0.4, 0.5) is 10.1 Å². The summed E-state index contributed by atoms with van der Waals surface area (Å²) >= 11 is 0. The van der Waals surface area contributed by atoms with Crippen LogP contribution in [-0.2, 0) is 11.2 Å². The van der Waals surface area contributed by atoms with Crippen LogP contribution in [0.5, 0.6) is 0 Å². The lowest BCUT2D eigenvalue weighted by Gasteiger charge is -2.08. The Morgan fingerprint density at radius 1 is 1.22 bits per heavy atom. The normalized spacial score (nSPS) is 11.1. The lowest BCUT2D eigenvalue weighted by Crippen LogP contribution is -2.12. The molecule has 0 aromatic heterocycles. The molecule has 0 heterocycles. The van der Waals surface area contributed by atoms with Gasteiger partial charge < -0.3 is 16.5 Å². The van der Waals surface area contributed by atoms with Crippen LogP contribution in [0.15, 0.2) is 54.7 Å². The third-order valence-electron chi connectivity index (χ3n) is 3.38. The van der Waals surface area contributed by atoms with Gasteiger partial charge in [0.2, 0.25) is 5.91 Å². The number of hydrogen-bond donors (Lipinski definition) is 3. The quantitative estimate of drug-likeness (QED) is 0.715. The second kappa shape index (κ2) is 7.89. The van der Waals surface area contributed by atoms with E-state index in [9.17, 15) is 9.18 Å². The molecule has 0 saturated carbocycles. The molecule has 0 aliphatic rings. The fourth-order valence-corrected chi connectivity index (χ4v) is 2.17. The molecule has 2 aromatic rings. The molecule has 2 rings (SSSR count). The molecular formula is C18H18FN3O. The lowest BCUT2D eigenvalue weighted by atomic mass is 10.1. The van der Waals surface area contributed by atoms with Gasteiger partial charge in [-0.2, -0.15) is 0 Å². The summed E-state index contributed by atoms with van der Waals surface area (Å²) in [5.41, 5.74) is 7.31. The minimum absolute atomic E-state index is 0.178. The smallest absolute Gasteiger partial charge is 0.224 e. The van der Waals surface area contributed by atoms with Gasteiger partial charge in [0.05, 0.1) is 0 Å². The molecule has 23 heavy (non-hydrogen) atoms. The van der Waals surface area contributed by atoms with Gasteiger partial charge in [-0.25, -0.2) is 4.39 Å². The summed E-state index contributed by atoms with van der Waals surface area (Å²) in [5, 5.41) is 9.86. The number of allylic oxidation sites excluding steroid dienone is 1. The number of hydrogen-bond acceptors (Lipinski definition) is 3. The van der Waals surface area contributed by atoms with Crippen LogP contribution in [0, 0.1) is 11.2 Å². The summed E-state index contributed by atoms with van der Waals surface area (Å²) in [5.74, 6) is -0.714. The number of nitrogens with one attached hydrogen (secondary N) is 2. The molecule has 4 nitrogen and oxygen atoms in total. The molecule has 0 spiro atoms. The molecule has 4 N–H and O–H groups in total. The molecule has 0 atom stereocenters. The van der Waals surface area contributed by atoms with E-state index in [1.54, 1.807) is 6.07 Å². The predicted molar refractivity (Wildman–Crippen MR) is 90.7 cm³/mol. The Balaban J connectivity index is 1.99. The lowest BCUT2D eigenvalue weighted by molar-refractivity contribution is -0.116. The molecule has 0 saturated heterocycles. The van der Waals surface area contributed by atoms with Crippen molar-refractivity contribution in [1.29, 1.82) is 5.41 Å². The van der Waals surface area contributed by atoms with Crippen molar-refractivity contribution in [2.24, 2.45) is 5.73 Å². The van der Waals surface area contributed by atoms with Gasteiger partial charge in [-0.05, 0) is 30.2 Å². The predicted octanol–water partition coefficient (Wildman–Crippen LogP) is 3.35. The summed E-state index contributed by atoms with van der Waals surface area (Å²) in [7, 11) is 0. The number of halogens is 1. The van der Waals surface area contributed by atoms with Crippen molar-refractivity contribution < 1.29 is 9.18 Å². The van der Waals surface area contributed by atoms with Crippen LogP contribution in [0.1, 0.15) is 17.5 Å². The highest BCUT2D eigenvalue weighted by atomic mass is 19.1. The molecule has 5 heteroatoms. The standard InChI is InChI=1S/C18H18FN3O/c19-17-10-15(7-8-16(17)14(11-20)12-21)22-18(23)9-6-13-4-2-1-3-5-13/h1-5,7-8,10-12,20H,6,9,21H2,(H,22,23)/b14-12+,20-11?. The van der Waals surface area contributed by atoms with E-state index < -0.39 is 5.82 Å². The highest BCUT2D eigenvalue weighted by molar-refractivity contribution is 6.08. The van der Waals surface area contributed by atoms with Crippen molar-refractivity contribution in [1.82, 2.24) is 0 Å². The van der Waals surface area contributed by atoms with Gasteiger partial charge in [-0.15, -0.1) is 0 Å². The zero-order valence-corrected chi connectivity index (χ0v) is 12.6. The van der Waals surface area contributed by atoms with Crippen LogP contribution < -0.4 is 11.1 Å². The van der Waals surface area contributed by atoms with Gasteiger partial charge in [0.1, 0.15) is 5.82 Å². The van der Waals surface area contributed by atoms with E-state index >= 15 is 0 Å². The molecule has 0 bridgehead atoms. The SMILES string of the molecule is N=C/C(=C\N)c1ccc(NC(=O)CCc2ccccc2)cc1F. The second-order valence-corrected chi connectivity index (χ2v) is 4.99. The van der Waals surface area contributed by atoms with Crippen LogP contribution in [0.25, 0.3) is 5.57 Å². The van der Waals surface area contributed by atoms with Gasteiger partial charge in [-0.3, -0.25) is 4.79 Å². The first-order valence-electron chi connectivity index (χ1n) is 7.20. The minimum atomic E-state index is -0.536. The Morgan fingerprint density at radius 2 is 1.96 bits per heavy atom. The number of carbonyl (C=O) groups is 1. The number of rotatable bonds is 6. The van der Waals surface area contributed by atoms with E-state index in [0.29, 0.717) is 18.5 Å². The fourth-order valence-electron chi connectivity index (χ4n) is 2.17. The van der Waals surface area contributed by atoms with Crippen molar-refractivity contribution in [3.05, 3.63) is 71.7 Å². The van der Waals surface area contributed by atoms with E-state index in [0.717, 1.165) is 11.8 Å². The molecule has 1 amide bonds. The monoisotopic (exact) mass is 311 g/mol. The summed E-state index contributed by atoms with van der Waals surface area (Å²) in [6.45, 7) is 0. The molecular weight excluding hydrogens is 293 g/mol. The van der Waals surface area contributed by atoms with E-state index in [2.05, 4.69) is 5.32 Å². The van der Waals surface area contributed by atoms with Crippen LogP contribution in [0.3, 0.4) is 0 Å². The Labute approximate surface area is 134 Å². The van der Waals surface area contributed by atoms with E-state index in [1.807, 2.05) is 30.3 Å². The molecule has 0 radical (unpaired) electrons. The van der Waals surface area contributed by atoms with Crippen LogP contribution in [-0.4, -0.2) is 12.1 Å². The van der Waals surface area contributed by atoms with Crippen LogP contribution >= 0.6 is 0 Å². The molecule has 118 valence electrons. The second-order valence-electron chi connectivity index (χ2n) is 4.99. The van der Waals surface area contributed by atoms with E-state index in [4.69, 9.17) is 11.1 Å². The van der Waals surface area contributed by atoms with Gasteiger partial charge in [-0.1, -0.05) is 30.3 Å². The zero-order valence-electron chi connectivity index (χ0n) is 12.6. The minimum Gasteiger partial charge on any atom is -0.404 e. The van der Waals surface area contributed by atoms with Crippen molar-refractivity contribution in [3.63, 3.8) is 0 Å². The number of benzene rings is 2. The number of carbonyl (C=O) groups excluding carboxylic acids is 1. The summed E-state index contributed by atoms with van der Waals surface area (Å²) in [6.07, 6.45) is 3.10. The maximum Gasteiger partial charge on any atom is 0.224 e. The first-order chi connectivity index (χ1) is 11.1. The zero-order chi connectivity index (χ0) is 16.7. The fraction of sp³-hybridized carbons (Fsp3) is 0.111. The highest BCUT2D eigenvalue weighted by Gasteiger charge is 2.09. The average molecular weight is 311 g/mol. The van der Waals surface area contributed by atoms with E-state index in [-0.39, 0.29) is 17.0 Å². The largest absolute Gasteiger partial charge is 0.404 e. The Kier molecular flexibility index (Phi) is 5.63. The summed E-state index contributed by atoms with van der Waals surface area (Å²) in [6, 6.07) is 14.0. The van der Waals surface area contributed by atoms with Gasteiger partial charge in [0.15, 0.2) is 0 Å². The average Bonchev–Trinajstić information content (AvgIpc) is 2.57. The van der Waals surface area contributed by atoms with Crippen LogP contribution in [0.2, 0.25) is 0 Å². The third kappa shape index (κ3) is 4.51. The van der Waals surface area contributed by atoms with Crippen molar-refractivity contribution in [2.45, 2.75) is 12.8 Å². The Hall–Kier alpha value is -2.95. The van der Waals surface area contributed by atoms with E-state index in [1.165, 1.54) is 18.3 Å². The topological polar surface area (TPSA) is 79.0 Å². The highest BCUT2D eigenvalue weighted by Crippen LogP contribution is 2.20. The first-order valence-corrected chi connectivity index (χ1v) is 7.20. The molecule has 0 fully saturated rings. The van der Waals surface area contributed by atoms with Gasteiger partial charge >= 0.3 is 0 Å². The van der Waals surface area contributed by atoms with Crippen molar-refractivity contribution >= 4 is 23.4 Å². The maximum atomic E-state index is 14.0.